The first-order valence-corrected chi connectivity index (χ1v) is 13.3. The summed E-state index contributed by atoms with van der Waals surface area (Å²) in [6.45, 7) is 6.24. The molecule has 196 valence electrons. The van der Waals surface area contributed by atoms with Gasteiger partial charge >= 0.3 is 0 Å². The van der Waals surface area contributed by atoms with E-state index in [9.17, 15) is 22.4 Å². The molecule has 1 atom stereocenters. The molecule has 0 saturated carbocycles. The van der Waals surface area contributed by atoms with Crippen molar-refractivity contribution in [3.63, 3.8) is 0 Å². The molecule has 0 aliphatic rings. The van der Waals surface area contributed by atoms with Gasteiger partial charge < -0.3 is 10.2 Å². The van der Waals surface area contributed by atoms with Crippen LogP contribution >= 0.6 is 0 Å². The number of halogens is 1. The maximum absolute atomic E-state index is 14.5. The van der Waals surface area contributed by atoms with Crippen molar-refractivity contribution in [1.82, 2.24) is 10.2 Å². The lowest BCUT2D eigenvalue weighted by Crippen LogP contribution is -2.51. The maximum Gasteiger partial charge on any atom is 0.264 e. The summed E-state index contributed by atoms with van der Waals surface area (Å²) in [7, 11) is -2.72. The van der Waals surface area contributed by atoms with Gasteiger partial charge in [0.25, 0.3) is 10.0 Å². The molecule has 0 radical (unpaired) electrons. The SMILES string of the molecule is CNC(=O)C(C)N(Cc1ccccc1F)C(=O)CN(c1cccc(C)c1C)S(=O)(=O)c1ccc(C)cc1. The Balaban J connectivity index is 2.09. The number of amides is 2. The van der Waals surface area contributed by atoms with E-state index in [0.717, 1.165) is 15.4 Å². The van der Waals surface area contributed by atoms with Gasteiger partial charge in [0.1, 0.15) is 18.4 Å². The third-order valence-corrected chi connectivity index (χ3v) is 8.22. The monoisotopic (exact) mass is 525 g/mol. The molecule has 0 heterocycles. The summed E-state index contributed by atoms with van der Waals surface area (Å²) in [5.74, 6) is -1.62. The number of carbonyl (C=O) groups excluding carboxylic acids is 2. The first kappa shape index (κ1) is 27.9. The van der Waals surface area contributed by atoms with Crippen LogP contribution in [0.4, 0.5) is 10.1 Å². The highest BCUT2D eigenvalue weighted by atomic mass is 32.2. The molecular formula is C28H32FN3O4S. The summed E-state index contributed by atoms with van der Waals surface area (Å²) in [4.78, 5) is 27.5. The Morgan fingerprint density at radius 1 is 0.946 bits per heavy atom. The van der Waals surface area contributed by atoms with E-state index in [-0.39, 0.29) is 17.0 Å². The number of hydrogen-bond donors (Lipinski definition) is 1. The molecule has 0 spiro atoms. The number of rotatable bonds is 9. The van der Waals surface area contributed by atoms with Crippen molar-refractivity contribution in [3.05, 3.63) is 94.8 Å². The normalized spacial score (nSPS) is 12.1. The Kier molecular flexibility index (Phi) is 8.70. The zero-order valence-electron chi connectivity index (χ0n) is 21.7. The average molecular weight is 526 g/mol. The predicted octanol–water partition coefficient (Wildman–Crippen LogP) is 4.11. The van der Waals surface area contributed by atoms with Crippen LogP contribution in [0.3, 0.4) is 0 Å². The molecule has 3 aromatic rings. The molecule has 2 amide bonds. The lowest BCUT2D eigenvalue weighted by atomic mass is 10.1. The minimum absolute atomic E-state index is 0.0341. The third-order valence-electron chi connectivity index (χ3n) is 6.44. The fraction of sp³-hybridized carbons (Fsp3) is 0.286. The Bertz CT molecular complexity index is 1390. The van der Waals surface area contributed by atoms with Crippen LogP contribution in [0.25, 0.3) is 0 Å². The van der Waals surface area contributed by atoms with Gasteiger partial charge in [-0.25, -0.2) is 12.8 Å². The molecule has 0 bridgehead atoms. The lowest BCUT2D eigenvalue weighted by Gasteiger charge is -2.32. The molecule has 0 aliphatic heterocycles. The predicted molar refractivity (Wildman–Crippen MR) is 142 cm³/mol. The van der Waals surface area contributed by atoms with Gasteiger partial charge in [-0.1, -0.05) is 48.0 Å². The van der Waals surface area contributed by atoms with Gasteiger partial charge in [0, 0.05) is 19.2 Å². The molecule has 3 aromatic carbocycles. The molecule has 37 heavy (non-hydrogen) atoms. The Hall–Kier alpha value is -3.72. The van der Waals surface area contributed by atoms with Crippen molar-refractivity contribution in [1.29, 1.82) is 0 Å². The van der Waals surface area contributed by atoms with Gasteiger partial charge in [-0.05, 0) is 63.1 Å². The summed E-state index contributed by atoms with van der Waals surface area (Å²) in [5, 5.41) is 2.51. The highest BCUT2D eigenvalue weighted by Gasteiger charge is 2.33. The van der Waals surface area contributed by atoms with Gasteiger partial charge in [0.2, 0.25) is 11.8 Å². The molecule has 0 aromatic heterocycles. The minimum Gasteiger partial charge on any atom is -0.357 e. The molecule has 0 saturated heterocycles. The van der Waals surface area contributed by atoms with Crippen LogP contribution in [-0.2, 0) is 26.2 Å². The topological polar surface area (TPSA) is 86.8 Å². The zero-order chi connectivity index (χ0) is 27.3. The van der Waals surface area contributed by atoms with Crippen molar-refractivity contribution < 1.29 is 22.4 Å². The van der Waals surface area contributed by atoms with E-state index in [1.807, 2.05) is 19.9 Å². The number of likely N-dealkylation sites (N-methyl/N-ethyl adjacent to an activating group) is 1. The average Bonchev–Trinajstić information content (AvgIpc) is 2.87. The summed E-state index contributed by atoms with van der Waals surface area (Å²) >= 11 is 0. The van der Waals surface area contributed by atoms with Gasteiger partial charge in [-0.3, -0.25) is 13.9 Å². The quantitative estimate of drug-likeness (QED) is 0.456. The lowest BCUT2D eigenvalue weighted by molar-refractivity contribution is -0.139. The van der Waals surface area contributed by atoms with E-state index in [4.69, 9.17) is 0 Å². The van der Waals surface area contributed by atoms with Crippen molar-refractivity contribution >= 4 is 27.5 Å². The molecular weight excluding hydrogens is 493 g/mol. The van der Waals surface area contributed by atoms with Crippen LogP contribution < -0.4 is 9.62 Å². The van der Waals surface area contributed by atoms with Crippen molar-refractivity contribution in [2.75, 3.05) is 17.9 Å². The minimum atomic E-state index is -4.16. The number of anilines is 1. The number of carbonyl (C=O) groups is 2. The standard InChI is InChI=1S/C28H32FN3O4S/c1-19-13-15-24(16-14-19)37(35,36)32(26-12-8-9-20(2)21(26)3)18-27(33)31(22(4)28(34)30-5)17-23-10-6-7-11-25(23)29/h6-16,22H,17-18H2,1-5H3,(H,30,34). The fourth-order valence-electron chi connectivity index (χ4n) is 3.96. The maximum atomic E-state index is 14.5. The van der Waals surface area contributed by atoms with Gasteiger partial charge in [-0.15, -0.1) is 0 Å². The number of sulfonamides is 1. The summed E-state index contributed by atoms with van der Waals surface area (Å²) in [6.07, 6.45) is 0. The third kappa shape index (κ3) is 6.17. The van der Waals surface area contributed by atoms with Crippen LogP contribution in [0.1, 0.15) is 29.2 Å². The van der Waals surface area contributed by atoms with Gasteiger partial charge in [0.05, 0.1) is 10.6 Å². The molecule has 9 heteroatoms. The summed E-state index contributed by atoms with van der Waals surface area (Å²) in [6, 6.07) is 16.6. The second-order valence-electron chi connectivity index (χ2n) is 8.95. The molecule has 0 fully saturated rings. The van der Waals surface area contributed by atoms with E-state index in [2.05, 4.69) is 5.32 Å². The van der Waals surface area contributed by atoms with Crippen LogP contribution in [0.2, 0.25) is 0 Å². The Morgan fingerprint density at radius 3 is 2.22 bits per heavy atom. The van der Waals surface area contributed by atoms with E-state index in [1.165, 1.54) is 49.2 Å². The molecule has 0 aliphatic carbocycles. The van der Waals surface area contributed by atoms with E-state index >= 15 is 0 Å². The van der Waals surface area contributed by atoms with E-state index in [0.29, 0.717) is 11.3 Å². The smallest absolute Gasteiger partial charge is 0.264 e. The second kappa shape index (κ2) is 11.6. The largest absolute Gasteiger partial charge is 0.357 e. The number of nitrogens with one attached hydrogen (secondary N) is 1. The molecule has 3 rings (SSSR count). The van der Waals surface area contributed by atoms with Gasteiger partial charge in [-0.2, -0.15) is 0 Å². The first-order chi connectivity index (χ1) is 17.5. The Labute approximate surface area is 218 Å². The Morgan fingerprint density at radius 2 is 1.59 bits per heavy atom. The number of hydrogen-bond acceptors (Lipinski definition) is 4. The van der Waals surface area contributed by atoms with Gasteiger partial charge in [0.15, 0.2) is 0 Å². The highest BCUT2D eigenvalue weighted by molar-refractivity contribution is 7.92. The van der Waals surface area contributed by atoms with Crippen LogP contribution in [-0.4, -0.2) is 44.8 Å². The highest BCUT2D eigenvalue weighted by Crippen LogP contribution is 2.29. The van der Waals surface area contributed by atoms with Crippen molar-refractivity contribution in [2.45, 2.75) is 45.2 Å². The number of benzene rings is 3. The van der Waals surface area contributed by atoms with Crippen molar-refractivity contribution in [2.24, 2.45) is 0 Å². The molecule has 1 N–H and O–H groups in total. The van der Waals surface area contributed by atoms with Crippen LogP contribution in [0, 0.1) is 26.6 Å². The molecule has 7 nitrogen and oxygen atoms in total. The number of aryl methyl sites for hydroxylation is 2. The first-order valence-electron chi connectivity index (χ1n) is 11.9. The summed E-state index contributed by atoms with van der Waals surface area (Å²) < 4.78 is 43.3. The van der Waals surface area contributed by atoms with E-state index < -0.39 is 40.2 Å². The molecule has 1 unspecified atom stereocenters. The number of nitrogens with zero attached hydrogens (tertiary/aromatic N) is 2. The zero-order valence-corrected chi connectivity index (χ0v) is 22.5. The van der Waals surface area contributed by atoms with Crippen molar-refractivity contribution in [3.8, 4) is 0 Å². The van der Waals surface area contributed by atoms with E-state index in [1.54, 1.807) is 37.3 Å². The van der Waals surface area contributed by atoms with Crippen LogP contribution in [0.15, 0.2) is 71.6 Å². The second-order valence-corrected chi connectivity index (χ2v) is 10.8. The fourth-order valence-corrected chi connectivity index (χ4v) is 5.43. The van der Waals surface area contributed by atoms with Crippen LogP contribution in [0.5, 0.6) is 0 Å². The summed E-state index contributed by atoms with van der Waals surface area (Å²) in [5.41, 5.74) is 3.02.